The van der Waals surface area contributed by atoms with Gasteiger partial charge < -0.3 is 14.7 Å². The number of hydrogen-bond acceptors (Lipinski definition) is 9. The molecule has 11 heteroatoms. The van der Waals surface area contributed by atoms with E-state index in [9.17, 15) is 9.90 Å². The maximum absolute atomic E-state index is 13.1. The summed E-state index contributed by atoms with van der Waals surface area (Å²) in [6.07, 6.45) is 4.42. The molecule has 1 aliphatic rings. The molecule has 2 amide bonds. The van der Waals surface area contributed by atoms with Gasteiger partial charge in [0.25, 0.3) is 0 Å². The van der Waals surface area contributed by atoms with Gasteiger partial charge in [0.15, 0.2) is 11.0 Å². The summed E-state index contributed by atoms with van der Waals surface area (Å²) >= 11 is 1.43. The summed E-state index contributed by atoms with van der Waals surface area (Å²) in [7, 11) is 1.98. The van der Waals surface area contributed by atoms with Crippen LogP contribution in [0.3, 0.4) is 0 Å². The highest BCUT2D eigenvalue weighted by Gasteiger charge is 2.31. The van der Waals surface area contributed by atoms with Crippen LogP contribution in [0.25, 0.3) is 21.3 Å². The van der Waals surface area contributed by atoms with E-state index in [4.69, 9.17) is 9.72 Å². The van der Waals surface area contributed by atoms with Gasteiger partial charge in [0.1, 0.15) is 18.5 Å². The van der Waals surface area contributed by atoms with Crippen LogP contribution in [0.2, 0.25) is 0 Å². The molecule has 1 saturated heterocycles. The van der Waals surface area contributed by atoms with Crippen molar-refractivity contribution in [3.05, 3.63) is 59.9 Å². The Morgan fingerprint density at radius 3 is 2.57 bits per heavy atom. The number of nitrogens with zero attached hydrogens (tertiary/aromatic N) is 7. The van der Waals surface area contributed by atoms with Gasteiger partial charge in [0, 0.05) is 42.0 Å². The van der Waals surface area contributed by atoms with Gasteiger partial charge in [0.2, 0.25) is 0 Å². The minimum atomic E-state index is -0.748. The Balaban J connectivity index is 1.55. The SMILES string of the molecule is CCN1CN(C)CN(c2nc3cc(-c4cnc(C(C)O)nc4)cc(OCc4ccc(C)nc4)c3s2)C1=O. The predicted molar refractivity (Wildman–Crippen MR) is 142 cm³/mol. The zero-order chi connectivity index (χ0) is 26.1. The minimum Gasteiger partial charge on any atom is -0.487 e. The van der Waals surface area contributed by atoms with Gasteiger partial charge >= 0.3 is 6.03 Å². The van der Waals surface area contributed by atoms with Crippen molar-refractivity contribution in [2.75, 3.05) is 31.8 Å². The molecule has 3 aromatic heterocycles. The van der Waals surface area contributed by atoms with Crippen molar-refractivity contribution in [3.63, 3.8) is 0 Å². The number of carbonyl (C=O) groups is 1. The third kappa shape index (κ3) is 5.24. The van der Waals surface area contributed by atoms with E-state index in [0.717, 1.165) is 32.6 Å². The van der Waals surface area contributed by atoms with Gasteiger partial charge in [-0.2, -0.15) is 0 Å². The van der Waals surface area contributed by atoms with Crippen LogP contribution >= 0.6 is 11.3 Å². The quantitative estimate of drug-likeness (QED) is 0.387. The number of amides is 2. The van der Waals surface area contributed by atoms with Crippen molar-refractivity contribution in [1.82, 2.24) is 29.7 Å². The van der Waals surface area contributed by atoms with Gasteiger partial charge in [-0.25, -0.2) is 19.7 Å². The molecule has 0 bridgehead atoms. The van der Waals surface area contributed by atoms with E-state index in [1.54, 1.807) is 35.3 Å². The molecule has 1 unspecified atom stereocenters. The summed E-state index contributed by atoms with van der Waals surface area (Å²) in [5.41, 5.74) is 4.21. The predicted octanol–water partition coefficient (Wildman–Crippen LogP) is 4.20. The number of hydrogen-bond donors (Lipinski definition) is 1. The van der Waals surface area contributed by atoms with Crippen molar-refractivity contribution in [3.8, 4) is 16.9 Å². The molecule has 5 rings (SSSR count). The van der Waals surface area contributed by atoms with Crippen molar-refractivity contribution in [2.45, 2.75) is 33.5 Å². The standard InChI is InChI=1S/C26H29N7O3S/c1-5-32-14-31(4)15-33(26(32)35)25-30-21-8-19(20-11-28-24(17(3)34)29-12-20)9-22(23(21)37-25)36-13-18-7-6-16(2)27-10-18/h6-12,17,34H,5,13-15H2,1-4H3. The lowest BCUT2D eigenvalue weighted by molar-refractivity contribution is 0.136. The molecule has 4 heterocycles. The summed E-state index contributed by atoms with van der Waals surface area (Å²) in [6, 6.07) is 7.77. The van der Waals surface area contributed by atoms with Crippen molar-refractivity contribution >= 4 is 32.7 Å². The average Bonchev–Trinajstić information content (AvgIpc) is 3.33. The fraction of sp³-hybridized carbons (Fsp3) is 0.346. The smallest absolute Gasteiger partial charge is 0.328 e. The van der Waals surface area contributed by atoms with E-state index in [0.29, 0.717) is 43.2 Å². The first-order valence-corrected chi connectivity index (χ1v) is 12.9. The van der Waals surface area contributed by atoms with Gasteiger partial charge in [-0.3, -0.25) is 14.8 Å². The normalized spacial score (nSPS) is 15.4. The van der Waals surface area contributed by atoms with Crippen LogP contribution in [0.4, 0.5) is 9.93 Å². The molecule has 0 spiro atoms. The molecule has 192 valence electrons. The topological polar surface area (TPSA) is 108 Å². The Morgan fingerprint density at radius 2 is 1.89 bits per heavy atom. The van der Waals surface area contributed by atoms with Crippen LogP contribution in [-0.4, -0.2) is 67.8 Å². The number of thiazole rings is 1. The number of urea groups is 1. The van der Waals surface area contributed by atoms with Crippen LogP contribution in [0, 0.1) is 6.92 Å². The molecule has 0 aliphatic carbocycles. The molecule has 1 aromatic carbocycles. The number of anilines is 1. The Bertz CT molecular complexity index is 1410. The van der Waals surface area contributed by atoms with E-state index in [-0.39, 0.29) is 6.03 Å². The first kappa shape index (κ1) is 25.0. The summed E-state index contributed by atoms with van der Waals surface area (Å²) < 4.78 is 7.14. The molecule has 1 N–H and O–H groups in total. The van der Waals surface area contributed by atoms with Gasteiger partial charge in [-0.15, -0.1) is 0 Å². The molecule has 4 aromatic rings. The number of benzene rings is 1. The number of aliphatic hydroxyl groups is 1. The Hall–Kier alpha value is -3.67. The molecule has 1 atom stereocenters. The number of fused-ring (bicyclic) bond motifs is 1. The average molecular weight is 520 g/mol. The highest BCUT2D eigenvalue weighted by molar-refractivity contribution is 7.22. The van der Waals surface area contributed by atoms with Crippen LogP contribution < -0.4 is 9.64 Å². The van der Waals surface area contributed by atoms with Crippen LogP contribution in [0.5, 0.6) is 5.75 Å². The first-order valence-electron chi connectivity index (χ1n) is 12.1. The van der Waals surface area contributed by atoms with E-state index in [1.165, 1.54) is 11.3 Å². The lowest BCUT2D eigenvalue weighted by atomic mass is 10.1. The number of aromatic nitrogens is 4. The van der Waals surface area contributed by atoms with E-state index in [1.807, 2.05) is 45.2 Å². The molecular weight excluding hydrogens is 490 g/mol. The Morgan fingerprint density at radius 1 is 1.11 bits per heavy atom. The second-order valence-electron chi connectivity index (χ2n) is 9.13. The van der Waals surface area contributed by atoms with Gasteiger partial charge in [0.05, 0.1) is 23.6 Å². The third-order valence-corrected chi connectivity index (χ3v) is 7.21. The monoisotopic (exact) mass is 519 g/mol. The van der Waals surface area contributed by atoms with Gasteiger partial charge in [-0.05, 0) is 51.6 Å². The molecule has 1 fully saturated rings. The molecule has 0 radical (unpaired) electrons. The zero-order valence-electron chi connectivity index (χ0n) is 21.2. The molecule has 0 saturated carbocycles. The minimum absolute atomic E-state index is 0.0600. The second-order valence-corrected chi connectivity index (χ2v) is 10.1. The fourth-order valence-corrected chi connectivity index (χ4v) is 5.07. The maximum Gasteiger partial charge on any atom is 0.328 e. The van der Waals surface area contributed by atoms with E-state index >= 15 is 0 Å². The summed E-state index contributed by atoms with van der Waals surface area (Å²) in [5, 5.41) is 10.4. The van der Waals surface area contributed by atoms with Crippen LogP contribution in [-0.2, 0) is 6.61 Å². The summed E-state index contributed by atoms with van der Waals surface area (Å²) in [5.74, 6) is 1.01. The second kappa shape index (κ2) is 10.4. The first-order chi connectivity index (χ1) is 17.8. The number of aryl methyl sites for hydroxylation is 1. The highest BCUT2D eigenvalue weighted by atomic mass is 32.1. The van der Waals surface area contributed by atoms with E-state index < -0.39 is 6.10 Å². The van der Waals surface area contributed by atoms with Crippen LogP contribution in [0.15, 0.2) is 42.9 Å². The number of rotatable bonds is 7. The highest BCUT2D eigenvalue weighted by Crippen LogP contribution is 2.40. The van der Waals surface area contributed by atoms with Crippen molar-refractivity contribution < 1.29 is 14.6 Å². The number of carbonyl (C=O) groups excluding carboxylic acids is 1. The van der Waals surface area contributed by atoms with E-state index in [2.05, 4.69) is 19.9 Å². The van der Waals surface area contributed by atoms with Crippen LogP contribution in [0.1, 0.15) is 37.0 Å². The lowest BCUT2D eigenvalue weighted by Gasteiger charge is -2.38. The molecule has 10 nitrogen and oxygen atoms in total. The summed E-state index contributed by atoms with van der Waals surface area (Å²) in [4.78, 5) is 36.4. The lowest BCUT2D eigenvalue weighted by Crippen LogP contribution is -2.56. The molecule has 37 heavy (non-hydrogen) atoms. The maximum atomic E-state index is 13.1. The third-order valence-electron chi connectivity index (χ3n) is 6.10. The zero-order valence-corrected chi connectivity index (χ0v) is 22.1. The number of pyridine rings is 1. The van der Waals surface area contributed by atoms with Crippen molar-refractivity contribution in [1.29, 1.82) is 0 Å². The Kier molecular flexibility index (Phi) is 7.00. The fourth-order valence-electron chi connectivity index (χ4n) is 4.07. The molecule has 1 aliphatic heterocycles. The number of aliphatic hydroxyl groups excluding tert-OH is 1. The number of ether oxygens (including phenoxy) is 1. The largest absolute Gasteiger partial charge is 0.487 e. The van der Waals surface area contributed by atoms with Crippen molar-refractivity contribution in [2.24, 2.45) is 0 Å². The van der Waals surface area contributed by atoms with Gasteiger partial charge in [-0.1, -0.05) is 17.4 Å². The Labute approximate surface area is 219 Å². The summed E-state index contributed by atoms with van der Waals surface area (Å²) in [6.45, 7) is 7.55. The molecular formula is C26H29N7O3S.